The number of rotatable bonds is 20. The van der Waals surface area contributed by atoms with Gasteiger partial charge in [-0.3, -0.25) is 24.1 Å². The summed E-state index contributed by atoms with van der Waals surface area (Å²) in [5.74, 6) is -0.630. The molecule has 1 unspecified atom stereocenters. The number of unbranched alkanes of at least 4 members (excludes halogenated alkanes) is 1. The summed E-state index contributed by atoms with van der Waals surface area (Å²) in [5, 5.41) is 23.0. The number of fused-ring (bicyclic) bond motifs is 1. The van der Waals surface area contributed by atoms with E-state index in [9.17, 15) is 42.7 Å². The first-order chi connectivity index (χ1) is 35.8. The Balaban J connectivity index is 0.797. The van der Waals surface area contributed by atoms with Crippen molar-refractivity contribution in [1.82, 2.24) is 20.1 Å². The summed E-state index contributed by atoms with van der Waals surface area (Å²) >= 11 is 7.17. The Morgan fingerprint density at radius 3 is 2.36 bits per heavy atom. The van der Waals surface area contributed by atoms with E-state index < -0.39 is 52.8 Å². The van der Waals surface area contributed by atoms with Crippen molar-refractivity contribution in [2.45, 2.75) is 103 Å². The van der Waals surface area contributed by atoms with E-state index in [2.05, 4.69) is 10.3 Å². The maximum Gasteiger partial charge on any atom is 0.417 e. The lowest BCUT2D eigenvalue weighted by atomic mass is 10.0. The maximum absolute atomic E-state index is 14.3. The van der Waals surface area contributed by atoms with E-state index in [4.69, 9.17) is 26.4 Å². The summed E-state index contributed by atoms with van der Waals surface area (Å²) in [4.78, 5) is 66.2. The van der Waals surface area contributed by atoms with Gasteiger partial charge in [-0.15, -0.1) is 11.3 Å². The molecule has 4 amide bonds. The fourth-order valence-corrected chi connectivity index (χ4v) is 11.0. The van der Waals surface area contributed by atoms with E-state index in [0.29, 0.717) is 75.0 Å². The topological polar surface area (TPSA) is 178 Å². The van der Waals surface area contributed by atoms with Gasteiger partial charge in [-0.05, 0) is 117 Å². The van der Waals surface area contributed by atoms with Gasteiger partial charge in [0, 0.05) is 62.5 Å². The summed E-state index contributed by atoms with van der Waals surface area (Å²) in [6.07, 6.45) is -3.64. The molecule has 2 saturated heterocycles. The molecule has 3 aliphatic rings. The zero-order chi connectivity index (χ0) is 53.8. The van der Waals surface area contributed by atoms with Crippen molar-refractivity contribution in [2.24, 2.45) is 5.92 Å². The van der Waals surface area contributed by atoms with E-state index in [0.717, 1.165) is 44.3 Å². The van der Waals surface area contributed by atoms with Gasteiger partial charge < -0.3 is 39.3 Å². The van der Waals surface area contributed by atoms with Crippen LogP contribution in [0.3, 0.4) is 0 Å². The molecule has 20 heteroatoms. The highest BCUT2D eigenvalue weighted by molar-refractivity contribution is 7.81. The Hall–Kier alpha value is -6.92. The van der Waals surface area contributed by atoms with Gasteiger partial charge in [0.2, 0.25) is 11.8 Å². The summed E-state index contributed by atoms with van der Waals surface area (Å²) in [6.45, 7) is 11.0. The summed E-state index contributed by atoms with van der Waals surface area (Å²) in [6, 6.07) is 22.8. The molecule has 0 radical (unpaired) electrons. The smallest absolute Gasteiger partial charge is 0.417 e. The van der Waals surface area contributed by atoms with Crippen LogP contribution in [0.15, 0.2) is 90.4 Å². The predicted molar refractivity (Wildman–Crippen MR) is 280 cm³/mol. The molecule has 75 heavy (non-hydrogen) atoms. The summed E-state index contributed by atoms with van der Waals surface area (Å²) < 4.78 is 59.4. The highest BCUT2D eigenvalue weighted by atomic mass is 32.1. The number of aryl methyl sites for hydroxylation is 1. The first-order valence-electron chi connectivity index (χ1n) is 24.7. The van der Waals surface area contributed by atoms with Gasteiger partial charge in [0.05, 0.1) is 58.3 Å². The number of hydrogen-bond donors (Lipinski definition) is 2. The quantitative estimate of drug-likeness (QED) is 0.0560. The predicted octanol–water partition coefficient (Wildman–Crippen LogP) is 8.83. The number of nitrogens with zero attached hydrogens (tertiary/aromatic N) is 6. The Labute approximate surface area is 442 Å². The highest BCUT2D eigenvalue weighted by Crippen LogP contribution is 2.40. The Morgan fingerprint density at radius 2 is 1.67 bits per heavy atom. The number of halogens is 3. The zero-order valence-corrected chi connectivity index (χ0v) is 43.8. The van der Waals surface area contributed by atoms with Crippen LogP contribution in [0.5, 0.6) is 11.5 Å². The van der Waals surface area contributed by atoms with E-state index in [-0.39, 0.29) is 48.0 Å². The second-order valence-electron chi connectivity index (χ2n) is 19.5. The number of aliphatic hydroxyl groups is 1. The Bertz CT molecular complexity index is 3000. The minimum atomic E-state index is -4.81. The molecule has 0 spiro atoms. The van der Waals surface area contributed by atoms with Gasteiger partial charge in [-0.1, -0.05) is 44.2 Å². The van der Waals surface area contributed by atoms with Gasteiger partial charge in [0.25, 0.3) is 11.8 Å². The number of benzene rings is 4. The number of aliphatic hydroxyl groups excluding tert-OH is 1. The molecule has 5 aromatic rings. The lowest BCUT2D eigenvalue weighted by Crippen LogP contribution is -2.55. The largest absolute Gasteiger partial charge is 0.494 e. The number of nitriles is 1. The van der Waals surface area contributed by atoms with E-state index in [1.165, 1.54) is 22.3 Å². The number of aromatic nitrogens is 1. The lowest BCUT2D eigenvalue weighted by molar-refractivity contribution is -0.143. The highest BCUT2D eigenvalue weighted by Gasteiger charge is 2.51. The van der Waals surface area contributed by atoms with Crippen molar-refractivity contribution in [3.8, 4) is 28.0 Å². The van der Waals surface area contributed by atoms with Gasteiger partial charge in [-0.25, -0.2) is 4.98 Å². The monoisotopic (exact) mass is 1070 g/mol. The number of carbonyl (C=O) groups excluding carboxylic acids is 4. The van der Waals surface area contributed by atoms with Crippen LogP contribution in [-0.4, -0.2) is 105 Å². The van der Waals surface area contributed by atoms with Crippen molar-refractivity contribution < 1.29 is 51.7 Å². The molecular weight excluding hydrogens is 1010 g/mol. The molecule has 2 N–H and O–H groups in total. The van der Waals surface area contributed by atoms with Crippen molar-refractivity contribution in [3.63, 3.8) is 0 Å². The number of nitrogens with one attached hydrogen (secondary N) is 1. The number of anilines is 2. The van der Waals surface area contributed by atoms with E-state index >= 15 is 0 Å². The number of likely N-dealkylation sites (tertiary alicyclic amines) is 1. The number of hydrogen-bond acceptors (Lipinski definition) is 12. The van der Waals surface area contributed by atoms with E-state index in [1.807, 2.05) is 51.1 Å². The van der Waals surface area contributed by atoms with Gasteiger partial charge in [0.15, 0.2) is 5.11 Å². The maximum atomic E-state index is 14.3. The number of ether oxygens (including phenoxy) is 3. The number of β-amino-alcohol motifs (C(OH)–C–C–N with tert-alkyl or cyclic N) is 1. The molecule has 0 saturated carbocycles. The number of amides is 4. The molecule has 394 valence electrons. The SMILES string of the molecule is Cc1ncsc1-c1ccc(CNC(=O)[C@@H]2C[C@@H](O)CN2C(=O)C(C(C)C)N2Cc3ccccc3C2=O)c(OCCCCOCCCOc2ccc(N3C(=S)N(c4ccc(C#N)c(C(F)(F)F)c4)C(=O)C3(C)C)cc2)c1. The third kappa shape index (κ3) is 11.7. The van der Waals surface area contributed by atoms with Crippen LogP contribution in [0.4, 0.5) is 24.5 Å². The standard InChI is InChI=1S/C55H58F3N7O8S2/c1-33(2)47(63-30-38-11-6-7-12-43(38)50(63)68)51(69)62-31-41(66)27-45(62)49(67)60-29-37-14-13-35(48-34(3)61-32-75-48)25-46(37)73-23-9-8-21-71-22-10-24-72-42-19-17-39(18-20-42)65-53(74)64(52(70)54(65,4)5)40-16-15-36(28-59)44(26-40)55(56,57)58/h6-7,11-20,25-26,32-33,41,45,47,66H,8-10,21-24,27,29-31H2,1-5H3,(H,60,67)/t41-,45+,47?/m1/s1. The third-order valence-corrected chi connectivity index (χ3v) is 14.9. The van der Waals surface area contributed by atoms with Crippen LogP contribution in [0.1, 0.15) is 91.7 Å². The number of carbonyl (C=O) groups is 4. The Kier molecular flexibility index (Phi) is 16.6. The molecule has 4 heterocycles. The molecule has 1 aromatic heterocycles. The van der Waals surface area contributed by atoms with Crippen molar-refractivity contribution in [1.29, 1.82) is 5.26 Å². The van der Waals surface area contributed by atoms with Crippen LogP contribution in [-0.2, 0) is 38.4 Å². The fourth-order valence-electron chi connectivity index (χ4n) is 9.70. The van der Waals surface area contributed by atoms with Gasteiger partial charge in [-0.2, -0.15) is 18.4 Å². The van der Waals surface area contributed by atoms with Crippen LogP contribution < -0.4 is 24.6 Å². The molecule has 0 bridgehead atoms. The molecular formula is C55H58F3N7O8S2. The summed E-state index contributed by atoms with van der Waals surface area (Å²) in [5.41, 5.74) is 3.24. The van der Waals surface area contributed by atoms with Crippen molar-refractivity contribution >= 4 is 63.7 Å². The first-order valence-corrected chi connectivity index (χ1v) is 26.0. The summed E-state index contributed by atoms with van der Waals surface area (Å²) in [7, 11) is 0. The van der Waals surface area contributed by atoms with Crippen LogP contribution in [0, 0.1) is 24.2 Å². The number of thiazole rings is 1. The minimum Gasteiger partial charge on any atom is -0.494 e. The van der Waals surface area contributed by atoms with Crippen molar-refractivity contribution in [3.05, 3.63) is 124 Å². The lowest BCUT2D eigenvalue weighted by Gasteiger charge is -2.35. The number of alkyl halides is 3. The third-order valence-electron chi connectivity index (χ3n) is 13.6. The van der Waals surface area contributed by atoms with Gasteiger partial charge in [0.1, 0.15) is 29.1 Å². The molecule has 0 aliphatic carbocycles. The molecule has 2 fully saturated rings. The second kappa shape index (κ2) is 22.9. The average Bonchev–Trinajstić information content (AvgIpc) is 4.14. The first kappa shape index (κ1) is 54.3. The number of thiocarbonyl (C=S) groups is 1. The Morgan fingerprint density at radius 1 is 0.960 bits per heavy atom. The zero-order valence-electron chi connectivity index (χ0n) is 42.2. The van der Waals surface area contributed by atoms with Crippen LogP contribution in [0.25, 0.3) is 10.4 Å². The fraction of sp³-hybridized carbons (Fsp3) is 0.400. The van der Waals surface area contributed by atoms with Crippen LogP contribution >= 0.6 is 23.6 Å². The average molecular weight is 1070 g/mol. The molecule has 4 aromatic carbocycles. The van der Waals surface area contributed by atoms with Crippen LogP contribution in [0.2, 0.25) is 0 Å². The molecule has 3 atom stereocenters. The minimum absolute atomic E-state index is 0.00525. The second-order valence-corrected chi connectivity index (χ2v) is 20.7. The van der Waals surface area contributed by atoms with Crippen molar-refractivity contribution in [2.75, 3.05) is 42.8 Å². The van der Waals surface area contributed by atoms with Gasteiger partial charge >= 0.3 is 6.18 Å². The van der Waals surface area contributed by atoms with E-state index in [1.54, 1.807) is 71.6 Å². The molecule has 8 rings (SSSR count). The molecule has 3 aliphatic heterocycles. The normalized spacial score (nSPS) is 17.7. The molecule has 15 nitrogen and oxygen atoms in total.